The van der Waals surface area contributed by atoms with Crippen LogP contribution >= 0.6 is 0 Å². The van der Waals surface area contributed by atoms with Crippen LogP contribution in [0.3, 0.4) is 0 Å². The van der Waals surface area contributed by atoms with Crippen molar-refractivity contribution in [1.29, 1.82) is 0 Å². The van der Waals surface area contributed by atoms with E-state index in [1.54, 1.807) is 55.6 Å². The van der Waals surface area contributed by atoms with Gasteiger partial charge in [0.05, 0.1) is 54.2 Å². The Kier molecular flexibility index (Phi) is 16.2. The quantitative estimate of drug-likeness (QED) is 0.172. The van der Waals surface area contributed by atoms with Gasteiger partial charge in [0.2, 0.25) is 0 Å². The van der Waals surface area contributed by atoms with E-state index in [1.165, 1.54) is 18.9 Å². The smallest absolute Gasteiger partial charge is 0.314 e. The number of amides is 2. The van der Waals surface area contributed by atoms with Gasteiger partial charge >= 0.3 is 12.0 Å². The maximum absolute atomic E-state index is 14.2. The van der Waals surface area contributed by atoms with E-state index in [9.17, 15) is 35.1 Å². The second-order valence-electron chi connectivity index (χ2n) is 17.0. The number of methoxy groups -OCH3 is 1. The third-order valence-electron chi connectivity index (χ3n) is 12.4. The fourth-order valence-electron chi connectivity index (χ4n) is 8.82. The second-order valence-corrected chi connectivity index (χ2v) is 17.0. The van der Waals surface area contributed by atoms with Crippen molar-refractivity contribution in [2.24, 2.45) is 29.4 Å². The molecule has 0 spiro atoms. The van der Waals surface area contributed by atoms with Crippen molar-refractivity contribution in [3.8, 4) is 0 Å². The zero-order valence-electron chi connectivity index (χ0n) is 34.4. The lowest BCUT2D eigenvalue weighted by Crippen LogP contribution is -2.61. The van der Waals surface area contributed by atoms with E-state index in [2.05, 4.69) is 5.32 Å². The van der Waals surface area contributed by atoms with Crippen molar-refractivity contribution < 1.29 is 63.5 Å². The normalized spacial score (nSPS) is 47.6. The lowest BCUT2D eigenvalue weighted by Gasteiger charge is -2.49. The summed E-state index contributed by atoms with van der Waals surface area (Å²) in [6.07, 6.45) is -8.43. The molecular weight excluding hydrogens is 706 g/mol. The first-order chi connectivity index (χ1) is 24.9. The molecule has 0 aromatic rings. The predicted octanol–water partition coefficient (Wildman–Crippen LogP) is 1.26. The minimum atomic E-state index is -1.83. The van der Waals surface area contributed by atoms with Crippen molar-refractivity contribution in [3.05, 3.63) is 0 Å². The first-order valence-corrected chi connectivity index (χ1v) is 19.5. The highest BCUT2D eigenvalue weighted by Crippen LogP contribution is 2.41. The van der Waals surface area contributed by atoms with Gasteiger partial charge in [-0.25, -0.2) is 4.79 Å². The molecule has 0 bridgehead atoms. The molecule has 16 heteroatoms. The summed E-state index contributed by atoms with van der Waals surface area (Å²) >= 11 is 0. The van der Waals surface area contributed by atoms with Crippen LogP contribution in [0.1, 0.15) is 94.9 Å². The second kappa shape index (κ2) is 18.7. The van der Waals surface area contributed by atoms with Gasteiger partial charge < -0.3 is 69.9 Å². The van der Waals surface area contributed by atoms with E-state index in [0.717, 1.165) is 0 Å². The molecule has 3 heterocycles. The molecule has 2 amide bonds. The Hall–Kier alpha value is -1.70. The molecule has 3 saturated heterocycles. The maximum atomic E-state index is 14.2. The third kappa shape index (κ3) is 10.4. The SMILES string of the molecule is CC[C@H]1OC(=O)[C@H](C)[C@@H](O[C@H]2C[C@@](C)(OC)C(CO)[C@H](C)O2)[C@H](C)[C@@H](O[C@@H]2O[C@H](C)CC(N(C)C(N)=O)[C@H]2O)[C@](C)(O)C[C@@H](C)CN[C@H](C)[C@@H](O)[C@]1(C)O. The van der Waals surface area contributed by atoms with Crippen molar-refractivity contribution in [3.63, 3.8) is 0 Å². The van der Waals surface area contributed by atoms with Gasteiger partial charge in [0.1, 0.15) is 23.9 Å². The van der Waals surface area contributed by atoms with Crippen LogP contribution in [0.5, 0.6) is 0 Å². The van der Waals surface area contributed by atoms with E-state index in [4.69, 9.17) is 34.2 Å². The molecule has 0 radical (unpaired) electrons. The summed E-state index contributed by atoms with van der Waals surface area (Å²) in [6, 6.07) is -2.11. The Morgan fingerprint density at radius 1 is 1.04 bits per heavy atom. The molecular formula is C38H71N3O13. The number of rotatable bonds is 8. The largest absolute Gasteiger partial charge is 0.459 e. The fourth-order valence-corrected chi connectivity index (χ4v) is 8.82. The van der Waals surface area contributed by atoms with E-state index < -0.39 is 108 Å². The molecule has 54 heavy (non-hydrogen) atoms. The molecule has 16 nitrogen and oxygen atoms in total. The molecule has 3 rings (SSSR count). The van der Waals surface area contributed by atoms with Gasteiger partial charge in [-0.05, 0) is 80.2 Å². The molecule has 3 fully saturated rings. The van der Waals surface area contributed by atoms with Crippen LogP contribution in [0.25, 0.3) is 0 Å². The Bertz CT molecular complexity index is 1230. The minimum Gasteiger partial charge on any atom is -0.459 e. The third-order valence-corrected chi connectivity index (χ3v) is 12.4. The van der Waals surface area contributed by atoms with E-state index in [-0.39, 0.29) is 44.1 Å². The standard InChI is InChI=1S/C38H71N3O13/c1-13-27-38(10,48)31(44)23(6)40-17-19(2)15-36(8,47)32(54-34-29(43)26(14-20(3)50-34)41(11)35(39)46)21(4)30(22(5)33(45)52-27)53-28-16-37(9,49-12)25(18-42)24(7)51-28/h19-32,34,40,42-44,47-48H,13-18H2,1-12H3,(H2,39,46)/t19-,20-,21+,22-,23-,24+,25?,26?,27-,28+,29-,30+,31-,32-,34+,36-,37-,38-/m1/s1. The van der Waals surface area contributed by atoms with Gasteiger partial charge in [-0.15, -0.1) is 0 Å². The number of esters is 1. The maximum Gasteiger partial charge on any atom is 0.314 e. The van der Waals surface area contributed by atoms with Crippen molar-refractivity contribution in [2.45, 2.75) is 179 Å². The predicted molar refractivity (Wildman–Crippen MR) is 198 cm³/mol. The average Bonchev–Trinajstić information content (AvgIpc) is 3.09. The molecule has 18 atom stereocenters. The Morgan fingerprint density at radius 2 is 1.67 bits per heavy atom. The van der Waals surface area contributed by atoms with Crippen LogP contribution in [0.4, 0.5) is 4.79 Å². The molecule has 0 aliphatic carbocycles. The Balaban J connectivity index is 2.17. The molecule has 0 aromatic carbocycles. The van der Waals surface area contributed by atoms with Gasteiger partial charge in [0.15, 0.2) is 12.6 Å². The Morgan fingerprint density at radius 3 is 2.22 bits per heavy atom. The van der Waals surface area contributed by atoms with Crippen molar-refractivity contribution in [1.82, 2.24) is 10.2 Å². The van der Waals surface area contributed by atoms with Gasteiger partial charge in [-0.3, -0.25) is 4.79 Å². The van der Waals surface area contributed by atoms with Crippen LogP contribution in [-0.4, -0.2) is 154 Å². The molecule has 2 unspecified atom stereocenters. The number of carbonyl (C=O) groups is 2. The van der Waals surface area contributed by atoms with Gasteiger partial charge in [0, 0.05) is 38.5 Å². The van der Waals surface area contributed by atoms with Crippen LogP contribution in [0.15, 0.2) is 0 Å². The summed E-state index contributed by atoms with van der Waals surface area (Å²) in [7, 11) is 3.03. The number of carbonyl (C=O) groups excluding carboxylic acids is 2. The summed E-state index contributed by atoms with van der Waals surface area (Å²) in [5.41, 5.74) is 1.25. The van der Waals surface area contributed by atoms with Crippen molar-refractivity contribution in [2.75, 3.05) is 27.3 Å². The van der Waals surface area contributed by atoms with Gasteiger partial charge in [-0.1, -0.05) is 20.8 Å². The van der Waals surface area contributed by atoms with Gasteiger partial charge in [-0.2, -0.15) is 0 Å². The average molecular weight is 778 g/mol. The number of likely N-dealkylation sites (N-methyl/N-ethyl adjacent to an activating group) is 1. The molecule has 3 aliphatic rings. The number of nitrogens with two attached hydrogens (primary N) is 1. The molecule has 0 aromatic heterocycles. The van der Waals surface area contributed by atoms with Crippen LogP contribution < -0.4 is 11.1 Å². The molecule has 316 valence electrons. The summed E-state index contributed by atoms with van der Waals surface area (Å²) in [5, 5.41) is 60.4. The number of ether oxygens (including phenoxy) is 6. The Labute approximate surface area is 321 Å². The fraction of sp³-hybridized carbons (Fsp3) is 0.947. The number of aliphatic hydroxyl groups is 5. The molecule has 8 N–H and O–H groups in total. The molecule has 3 aliphatic heterocycles. The lowest BCUT2D eigenvalue weighted by molar-refractivity contribution is -0.314. The number of aliphatic hydroxyl groups excluding tert-OH is 3. The number of cyclic esters (lactones) is 1. The first-order valence-electron chi connectivity index (χ1n) is 19.5. The monoisotopic (exact) mass is 777 g/mol. The highest BCUT2D eigenvalue weighted by molar-refractivity contribution is 5.73. The number of urea groups is 1. The van der Waals surface area contributed by atoms with Crippen LogP contribution in [0.2, 0.25) is 0 Å². The number of primary amides is 1. The summed E-state index contributed by atoms with van der Waals surface area (Å²) in [4.78, 5) is 27.6. The van der Waals surface area contributed by atoms with Gasteiger partial charge in [0.25, 0.3) is 0 Å². The van der Waals surface area contributed by atoms with Crippen molar-refractivity contribution >= 4 is 12.0 Å². The highest BCUT2D eigenvalue weighted by Gasteiger charge is 2.52. The number of nitrogens with zero attached hydrogens (tertiary/aromatic N) is 1. The highest BCUT2D eigenvalue weighted by atomic mass is 16.7. The number of nitrogens with one attached hydrogen (secondary N) is 1. The summed E-state index contributed by atoms with van der Waals surface area (Å²) in [5.74, 6) is -3.21. The minimum absolute atomic E-state index is 0.150. The van der Waals surface area contributed by atoms with Crippen LogP contribution in [-0.2, 0) is 33.2 Å². The topological polar surface area (TPSA) is 232 Å². The number of hydrogen-bond donors (Lipinski definition) is 7. The van der Waals surface area contributed by atoms with E-state index in [0.29, 0.717) is 6.54 Å². The first kappa shape index (κ1) is 46.7. The van der Waals surface area contributed by atoms with E-state index >= 15 is 0 Å². The number of hydrogen-bond acceptors (Lipinski definition) is 14. The summed E-state index contributed by atoms with van der Waals surface area (Å²) in [6.45, 7) is 17.4. The van der Waals surface area contributed by atoms with E-state index in [1.807, 2.05) is 13.8 Å². The van der Waals surface area contributed by atoms with Crippen LogP contribution in [0, 0.1) is 23.7 Å². The molecule has 0 saturated carbocycles. The zero-order valence-corrected chi connectivity index (χ0v) is 34.4. The summed E-state index contributed by atoms with van der Waals surface area (Å²) < 4.78 is 37.7. The zero-order chi connectivity index (χ0) is 41.1. The lowest BCUT2D eigenvalue weighted by atomic mass is 9.77.